The van der Waals surface area contributed by atoms with E-state index in [9.17, 15) is 9.18 Å². The molecular formula is C28H27ClFN3O2. The Hall–Kier alpha value is -3.35. The first-order valence-electron chi connectivity index (χ1n) is 11.7. The first kappa shape index (κ1) is 23.4. The Balaban J connectivity index is 1.33. The Kier molecular flexibility index (Phi) is 6.75. The van der Waals surface area contributed by atoms with Gasteiger partial charge in [0.25, 0.3) is 5.91 Å². The van der Waals surface area contributed by atoms with Crippen LogP contribution in [-0.2, 0) is 13.1 Å². The van der Waals surface area contributed by atoms with E-state index in [4.69, 9.17) is 16.3 Å². The van der Waals surface area contributed by atoms with Crippen molar-refractivity contribution in [3.05, 3.63) is 100 Å². The van der Waals surface area contributed by atoms with Crippen LogP contribution in [0.3, 0.4) is 0 Å². The topological polar surface area (TPSA) is 37.7 Å². The maximum atomic E-state index is 13.6. The summed E-state index contributed by atoms with van der Waals surface area (Å²) < 4.78 is 20.7. The fraction of sp³-hybridized carbons (Fsp3) is 0.250. The molecule has 1 aromatic heterocycles. The fourth-order valence-electron chi connectivity index (χ4n) is 4.62. The quantitative estimate of drug-likeness (QED) is 0.360. The number of benzene rings is 3. The van der Waals surface area contributed by atoms with Gasteiger partial charge in [0, 0.05) is 55.2 Å². The summed E-state index contributed by atoms with van der Waals surface area (Å²) >= 11 is 6.23. The van der Waals surface area contributed by atoms with Crippen molar-refractivity contribution in [2.45, 2.75) is 13.1 Å². The van der Waals surface area contributed by atoms with Crippen LogP contribution in [0.25, 0.3) is 10.9 Å². The van der Waals surface area contributed by atoms with Crippen molar-refractivity contribution in [1.82, 2.24) is 14.4 Å². The van der Waals surface area contributed by atoms with E-state index in [0.717, 1.165) is 41.9 Å². The van der Waals surface area contributed by atoms with Crippen LogP contribution in [0.5, 0.6) is 5.75 Å². The average Bonchev–Trinajstić information content (AvgIpc) is 3.23. The SMILES string of the molecule is COc1ccc(CN2CCN(C(=O)c3cc4cc(Cl)ccc4n3Cc3ccc(F)cc3)CC2)cc1. The summed E-state index contributed by atoms with van der Waals surface area (Å²) in [6, 6.07) is 22.1. The monoisotopic (exact) mass is 491 g/mol. The number of methoxy groups -OCH3 is 1. The normalized spacial score (nSPS) is 14.4. The van der Waals surface area contributed by atoms with E-state index in [2.05, 4.69) is 17.0 Å². The number of hydrogen-bond donors (Lipinski definition) is 0. The average molecular weight is 492 g/mol. The van der Waals surface area contributed by atoms with Crippen molar-refractivity contribution >= 4 is 28.4 Å². The minimum Gasteiger partial charge on any atom is -0.497 e. The van der Waals surface area contributed by atoms with Gasteiger partial charge in [0.15, 0.2) is 0 Å². The number of ether oxygens (including phenoxy) is 1. The molecule has 1 amide bonds. The van der Waals surface area contributed by atoms with Crippen molar-refractivity contribution in [2.24, 2.45) is 0 Å². The lowest BCUT2D eigenvalue weighted by Gasteiger charge is -2.35. The van der Waals surface area contributed by atoms with Crippen LogP contribution in [0, 0.1) is 5.82 Å². The van der Waals surface area contributed by atoms with Crippen LogP contribution in [0.2, 0.25) is 5.02 Å². The number of nitrogens with zero attached hydrogens (tertiary/aromatic N) is 3. The van der Waals surface area contributed by atoms with Crippen LogP contribution in [0.1, 0.15) is 21.6 Å². The third-order valence-corrected chi connectivity index (χ3v) is 6.80. The molecule has 7 heteroatoms. The molecule has 0 N–H and O–H groups in total. The number of hydrogen-bond acceptors (Lipinski definition) is 3. The van der Waals surface area contributed by atoms with Gasteiger partial charge in [0.2, 0.25) is 0 Å². The van der Waals surface area contributed by atoms with Gasteiger partial charge in [0.1, 0.15) is 17.3 Å². The molecule has 5 nitrogen and oxygen atoms in total. The van der Waals surface area contributed by atoms with Crippen molar-refractivity contribution in [3.63, 3.8) is 0 Å². The molecule has 0 spiro atoms. The zero-order valence-corrected chi connectivity index (χ0v) is 20.3. The third-order valence-electron chi connectivity index (χ3n) is 6.56. The molecule has 1 aliphatic heterocycles. The van der Waals surface area contributed by atoms with Crippen molar-refractivity contribution in [3.8, 4) is 5.75 Å². The molecule has 5 rings (SSSR count). The Labute approximate surface area is 209 Å². The minimum atomic E-state index is -0.276. The summed E-state index contributed by atoms with van der Waals surface area (Å²) in [4.78, 5) is 17.9. The lowest BCUT2D eigenvalue weighted by molar-refractivity contribution is 0.0619. The highest BCUT2D eigenvalue weighted by molar-refractivity contribution is 6.31. The second-order valence-electron chi connectivity index (χ2n) is 8.86. The molecule has 35 heavy (non-hydrogen) atoms. The second kappa shape index (κ2) is 10.1. The highest BCUT2D eigenvalue weighted by Crippen LogP contribution is 2.26. The van der Waals surface area contributed by atoms with Gasteiger partial charge in [-0.2, -0.15) is 0 Å². The molecule has 1 aliphatic rings. The summed E-state index contributed by atoms with van der Waals surface area (Å²) in [5.74, 6) is 0.576. The fourth-order valence-corrected chi connectivity index (χ4v) is 4.80. The molecule has 180 valence electrons. The van der Waals surface area contributed by atoms with E-state index >= 15 is 0 Å². The number of rotatable bonds is 6. The van der Waals surface area contributed by atoms with Crippen LogP contribution in [0.4, 0.5) is 4.39 Å². The maximum Gasteiger partial charge on any atom is 0.270 e. The standard InChI is InChI=1S/C28H27ClFN3O2/c1-35-25-9-4-20(5-10-25)18-31-12-14-32(15-13-31)28(34)27-17-22-16-23(29)6-11-26(22)33(27)19-21-2-7-24(30)8-3-21/h2-11,16-17H,12-15,18-19H2,1H3. The van der Waals surface area contributed by atoms with E-state index in [-0.39, 0.29) is 11.7 Å². The zero-order valence-electron chi connectivity index (χ0n) is 19.6. The first-order chi connectivity index (χ1) is 17.0. The molecule has 0 bridgehead atoms. The largest absolute Gasteiger partial charge is 0.497 e. The van der Waals surface area contributed by atoms with Gasteiger partial charge >= 0.3 is 0 Å². The Morgan fingerprint density at radius 3 is 2.23 bits per heavy atom. The summed E-state index contributed by atoms with van der Waals surface area (Å²) in [6.07, 6.45) is 0. The molecule has 0 saturated carbocycles. The number of carbonyl (C=O) groups is 1. The van der Waals surface area contributed by atoms with Crippen molar-refractivity contribution in [1.29, 1.82) is 0 Å². The van der Waals surface area contributed by atoms with E-state index in [1.165, 1.54) is 17.7 Å². The van der Waals surface area contributed by atoms with Gasteiger partial charge in [-0.3, -0.25) is 9.69 Å². The smallest absolute Gasteiger partial charge is 0.270 e. The van der Waals surface area contributed by atoms with Gasteiger partial charge in [-0.05, 0) is 59.7 Å². The van der Waals surface area contributed by atoms with Gasteiger partial charge < -0.3 is 14.2 Å². The van der Waals surface area contributed by atoms with E-state index in [1.807, 2.05) is 45.9 Å². The molecule has 0 radical (unpaired) electrons. The van der Waals surface area contributed by atoms with Crippen LogP contribution in [-0.4, -0.2) is 53.6 Å². The van der Waals surface area contributed by atoms with E-state index in [0.29, 0.717) is 30.4 Å². The third kappa shape index (κ3) is 5.19. The van der Waals surface area contributed by atoms with Crippen LogP contribution < -0.4 is 4.74 Å². The van der Waals surface area contributed by atoms with Gasteiger partial charge in [-0.1, -0.05) is 35.9 Å². The van der Waals surface area contributed by atoms with Gasteiger partial charge in [-0.15, -0.1) is 0 Å². The lowest BCUT2D eigenvalue weighted by Crippen LogP contribution is -2.48. The Morgan fingerprint density at radius 1 is 0.886 bits per heavy atom. The number of aromatic nitrogens is 1. The molecule has 3 aromatic carbocycles. The predicted molar refractivity (Wildman–Crippen MR) is 137 cm³/mol. The molecule has 2 heterocycles. The van der Waals surface area contributed by atoms with Gasteiger partial charge in [-0.25, -0.2) is 4.39 Å². The number of fused-ring (bicyclic) bond motifs is 1. The highest BCUT2D eigenvalue weighted by Gasteiger charge is 2.25. The van der Waals surface area contributed by atoms with Crippen LogP contribution in [0.15, 0.2) is 72.8 Å². The maximum absolute atomic E-state index is 13.6. The summed E-state index contributed by atoms with van der Waals surface area (Å²) in [6.45, 7) is 4.25. The summed E-state index contributed by atoms with van der Waals surface area (Å²) in [7, 11) is 1.67. The van der Waals surface area contributed by atoms with E-state index in [1.54, 1.807) is 19.2 Å². The Morgan fingerprint density at radius 2 is 1.54 bits per heavy atom. The number of amides is 1. The highest BCUT2D eigenvalue weighted by atomic mass is 35.5. The van der Waals surface area contributed by atoms with Crippen molar-refractivity contribution in [2.75, 3.05) is 33.3 Å². The molecule has 1 saturated heterocycles. The number of piperazine rings is 1. The molecule has 0 atom stereocenters. The minimum absolute atomic E-state index is 0.00327. The molecule has 0 unspecified atom stereocenters. The zero-order chi connectivity index (χ0) is 24.4. The molecule has 1 fully saturated rings. The molecular weight excluding hydrogens is 465 g/mol. The number of carbonyl (C=O) groups excluding carboxylic acids is 1. The first-order valence-corrected chi connectivity index (χ1v) is 12.1. The van der Waals surface area contributed by atoms with Crippen LogP contribution >= 0.6 is 11.6 Å². The summed E-state index contributed by atoms with van der Waals surface area (Å²) in [5.41, 5.74) is 3.70. The molecule has 4 aromatic rings. The van der Waals surface area contributed by atoms with Gasteiger partial charge in [0.05, 0.1) is 7.11 Å². The number of halogens is 2. The van der Waals surface area contributed by atoms with Crippen molar-refractivity contribution < 1.29 is 13.9 Å². The molecule has 0 aliphatic carbocycles. The van der Waals surface area contributed by atoms with E-state index < -0.39 is 0 Å². The lowest BCUT2D eigenvalue weighted by atomic mass is 10.2. The summed E-state index contributed by atoms with van der Waals surface area (Å²) in [5, 5.41) is 1.55. The predicted octanol–water partition coefficient (Wildman–Crippen LogP) is 5.45. The Bertz CT molecular complexity index is 1330. The second-order valence-corrected chi connectivity index (χ2v) is 9.30.